The number of thiazole rings is 1. The van der Waals surface area contributed by atoms with E-state index in [-0.39, 0.29) is 11.6 Å². The van der Waals surface area contributed by atoms with Gasteiger partial charge in [0.05, 0.1) is 23.8 Å². The monoisotopic (exact) mass is 438 g/mol. The quantitative estimate of drug-likeness (QED) is 0.459. The van der Waals surface area contributed by atoms with Crippen molar-refractivity contribution < 1.29 is 14.5 Å². The Bertz CT molecular complexity index is 1090. The molecule has 1 saturated heterocycles. The number of aromatic nitrogens is 1. The molecule has 1 aromatic heterocycles. The van der Waals surface area contributed by atoms with Crippen molar-refractivity contribution in [3.8, 4) is 11.3 Å². The number of rotatable bonds is 6. The first-order valence-electron chi connectivity index (χ1n) is 9.93. The Kier molecular flexibility index (Phi) is 6.36. The second-order valence-electron chi connectivity index (χ2n) is 7.26. The average Bonchev–Trinajstić information content (AvgIpc) is 3.16. The zero-order chi connectivity index (χ0) is 21.8. The number of nitrogens with zero attached hydrogens (tertiary/aromatic N) is 3. The van der Waals surface area contributed by atoms with Gasteiger partial charge in [0, 0.05) is 47.3 Å². The molecule has 2 aromatic carbocycles. The first-order valence-corrected chi connectivity index (χ1v) is 10.7. The second-order valence-corrected chi connectivity index (χ2v) is 8.34. The van der Waals surface area contributed by atoms with E-state index in [0.717, 1.165) is 35.8 Å². The molecule has 1 aliphatic heterocycles. The van der Waals surface area contributed by atoms with Crippen LogP contribution in [0.3, 0.4) is 0 Å². The zero-order valence-electron chi connectivity index (χ0n) is 17.0. The fourth-order valence-corrected chi connectivity index (χ4v) is 4.49. The number of hydrogen-bond donors (Lipinski definition) is 1. The third kappa shape index (κ3) is 4.96. The van der Waals surface area contributed by atoms with Crippen LogP contribution in [0.5, 0.6) is 0 Å². The second kappa shape index (κ2) is 9.34. The fraction of sp³-hybridized carbons (Fsp3) is 0.273. The molecule has 1 fully saturated rings. The van der Waals surface area contributed by atoms with Crippen LogP contribution in [-0.2, 0) is 11.3 Å². The minimum absolute atomic E-state index is 0.00930. The van der Waals surface area contributed by atoms with Crippen molar-refractivity contribution in [2.24, 2.45) is 0 Å². The van der Waals surface area contributed by atoms with Crippen LogP contribution in [0.2, 0.25) is 0 Å². The van der Waals surface area contributed by atoms with Gasteiger partial charge in [-0.3, -0.25) is 25.1 Å². The Morgan fingerprint density at radius 3 is 2.65 bits per heavy atom. The number of nitro benzene ring substituents is 1. The molecular formula is C22H22N4O4S. The van der Waals surface area contributed by atoms with Crippen LogP contribution in [0, 0.1) is 17.0 Å². The summed E-state index contributed by atoms with van der Waals surface area (Å²) in [5.41, 5.74) is 2.63. The van der Waals surface area contributed by atoms with Gasteiger partial charge >= 0.3 is 0 Å². The van der Waals surface area contributed by atoms with E-state index in [9.17, 15) is 14.9 Å². The van der Waals surface area contributed by atoms with Crippen molar-refractivity contribution in [2.45, 2.75) is 13.5 Å². The molecule has 1 amide bonds. The lowest BCUT2D eigenvalue weighted by Crippen LogP contribution is -2.35. The highest BCUT2D eigenvalue weighted by Crippen LogP contribution is 2.33. The van der Waals surface area contributed by atoms with Crippen molar-refractivity contribution in [1.29, 1.82) is 0 Å². The molecule has 3 aromatic rings. The molecule has 8 nitrogen and oxygen atoms in total. The number of carbonyl (C=O) groups excluding carboxylic acids is 1. The minimum atomic E-state index is -0.456. The molecule has 2 heterocycles. The Labute approximate surface area is 183 Å². The lowest BCUT2D eigenvalue weighted by atomic mass is 10.1. The molecule has 0 aliphatic carbocycles. The van der Waals surface area contributed by atoms with Crippen molar-refractivity contribution in [3.05, 3.63) is 74.6 Å². The first kappa shape index (κ1) is 21.1. The number of ether oxygens (including phenoxy) is 1. The maximum absolute atomic E-state index is 12.8. The highest BCUT2D eigenvalue weighted by Gasteiger charge is 2.20. The van der Waals surface area contributed by atoms with Crippen molar-refractivity contribution >= 4 is 28.1 Å². The van der Waals surface area contributed by atoms with Crippen LogP contribution in [-0.4, -0.2) is 47.0 Å². The van der Waals surface area contributed by atoms with Gasteiger partial charge in [-0.2, -0.15) is 0 Å². The van der Waals surface area contributed by atoms with Gasteiger partial charge < -0.3 is 4.74 Å². The van der Waals surface area contributed by atoms with E-state index < -0.39 is 4.92 Å². The van der Waals surface area contributed by atoms with Gasteiger partial charge in [-0.05, 0) is 19.1 Å². The van der Waals surface area contributed by atoms with Gasteiger partial charge in [0.1, 0.15) is 0 Å². The summed E-state index contributed by atoms with van der Waals surface area (Å²) >= 11 is 1.45. The molecule has 0 saturated carbocycles. The molecule has 9 heteroatoms. The van der Waals surface area contributed by atoms with E-state index in [1.54, 1.807) is 6.92 Å². The highest BCUT2D eigenvalue weighted by molar-refractivity contribution is 7.16. The lowest BCUT2D eigenvalue weighted by molar-refractivity contribution is -0.385. The van der Waals surface area contributed by atoms with E-state index in [0.29, 0.717) is 29.5 Å². The molecule has 0 bridgehead atoms. The lowest BCUT2D eigenvalue weighted by Gasteiger charge is -2.26. The smallest absolute Gasteiger partial charge is 0.272 e. The molecule has 0 spiro atoms. The highest BCUT2D eigenvalue weighted by atomic mass is 32.1. The molecule has 1 aliphatic rings. The normalized spacial score (nSPS) is 14.4. The Hall–Kier alpha value is -3.14. The summed E-state index contributed by atoms with van der Waals surface area (Å²) in [4.78, 5) is 31.4. The van der Waals surface area contributed by atoms with Gasteiger partial charge in [-0.25, -0.2) is 4.98 Å². The van der Waals surface area contributed by atoms with Crippen molar-refractivity contribution in [1.82, 2.24) is 9.88 Å². The van der Waals surface area contributed by atoms with Crippen LogP contribution in [0.1, 0.15) is 20.8 Å². The number of hydrogen-bond acceptors (Lipinski definition) is 7. The van der Waals surface area contributed by atoms with Crippen LogP contribution >= 0.6 is 11.3 Å². The van der Waals surface area contributed by atoms with Crippen molar-refractivity contribution in [2.75, 3.05) is 31.6 Å². The first-order chi connectivity index (χ1) is 15.0. The zero-order valence-corrected chi connectivity index (χ0v) is 17.9. The van der Waals surface area contributed by atoms with Gasteiger partial charge in [-0.15, -0.1) is 0 Å². The maximum atomic E-state index is 12.8. The number of nitro groups is 1. The molecule has 160 valence electrons. The number of aryl methyl sites for hydroxylation is 1. The van der Waals surface area contributed by atoms with Crippen LogP contribution < -0.4 is 5.32 Å². The number of carbonyl (C=O) groups is 1. The number of benzene rings is 2. The van der Waals surface area contributed by atoms with Gasteiger partial charge in [0.2, 0.25) is 0 Å². The Balaban J connectivity index is 1.58. The van der Waals surface area contributed by atoms with Crippen LogP contribution in [0.25, 0.3) is 11.3 Å². The van der Waals surface area contributed by atoms with Gasteiger partial charge in [-0.1, -0.05) is 41.7 Å². The van der Waals surface area contributed by atoms with Gasteiger partial charge in [0.15, 0.2) is 5.13 Å². The van der Waals surface area contributed by atoms with E-state index in [1.165, 1.54) is 29.5 Å². The maximum Gasteiger partial charge on any atom is 0.272 e. The van der Waals surface area contributed by atoms with E-state index in [1.807, 2.05) is 30.3 Å². The molecule has 0 radical (unpaired) electrons. The van der Waals surface area contributed by atoms with Gasteiger partial charge in [0.25, 0.3) is 11.6 Å². The van der Waals surface area contributed by atoms with E-state index >= 15 is 0 Å². The summed E-state index contributed by atoms with van der Waals surface area (Å²) in [5, 5.41) is 14.4. The fourth-order valence-electron chi connectivity index (χ4n) is 3.47. The third-order valence-corrected chi connectivity index (χ3v) is 6.05. The SMILES string of the molecule is Cc1cc(C(=O)Nc2nc(-c3ccccc3)c(CN3CCOCC3)s2)ccc1[N+](=O)[O-]. The predicted molar refractivity (Wildman–Crippen MR) is 119 cm³/mol. The summed E-state index contributed by atoms with van der Waals surface area (Å²) in [6, 6.07) is 14.2. The van der Waals surface area contributed by atoms with E-state index in [2.05, 4.69) is 10.2 Å². The molecule has 1 N–H and O–H groups in total. The number of anilines is 1. The average molecular weight is 439 g/mol. The molecular weight excluding hydrogens is 416 g/mol. The summed E-state index contributed by atoms with van der Waals surface area (Å²) in [6.07, 6.45) is 0. The molecule has 31 heavy (non-hydrogen) atoms. The number of morpholine rings is 1. The largest absolute Gasteiger partial charge is 0.379 e. The van der Waals surface area contributed by atoms with Crippen LogP contribution in [0.4, 0.5) is 10.8 Å². The van der Waals surface area contributed by atoms with E-state index in [4.69, 9.17) is 9.72 Å². The number of amides is 1. The summed E-state index contributed by atoms with van der Waals surface area (Å²) in [5.74, 6) is -0.343. The number of nitrogens with one attached hydrogen (secondary N) is 1. The van der Waals surface area contributed by atoms with Crippen molar-refractivity contribution in [3.63, 3.8) is 0 Å². The third-order valence-electron chi connectivity index (χ3n) is 5.09. The Morgan fingerprint density at radius 1 is 1.23 bits per heavy atom. The Morgan fingerprint density at radius 2 is 1.97 bits per heavy atom. The molecule has 0 unspecified atom stereocenters. The standard InChI is InChI=1S/C22H22N4O4S/c1-15-13-17(7-8-18(15)26(28)29)21(27)24-22-23-20(16-5-3-2-4-6-16)19(31-22)14-25-9-11-30-12-10-25/h2-8,13H,9-12,14H2,1H3,(H,23,24,27). The van der Waals surface area contributed by atoms with Crippen LogP contribution in [0.15, 0.2) is 48.5 Å². The predicted octanol–water partition coefficient (Wildman–Crippen LogP) is 4.11. The molecule has 0 atom stereocenters. The summed E-state index contributed by atoms with van der Waals surface area (Å²) in [6.45, 7) is 5.49. The minimum Gasteiger partial charge on any atom is -0.379 e. The summed E-state index contributed by atoms with van der Waals surface area (Å²) in [7, 11) is 0. The molecule has 4 rings (SSSR count). The summed E-state index contributed by atoms with van der Waals surface area (Å²) < 4.78 is 5.44. The topological polar surface area (TPSA) is 97.6 Å².